The summed E-state index contributed by atoms with van der Waals surface area (Å²) >= 11 is 0. The SMILES string of the molecule is CC(C)(N)C(=O)NC(CCCc1ccccc1)C(=O)N1CCC2(CC1)CC(=O)c1ccccc12.Cl. The fourth-order valence-electron chi connectivity index (χ4n) is 5.26. The van der Waals surface area contributed by atoms with Crippen LogP contribution in [0.1, 0.15) is 67.4 Å². The number of Topliss-reactive ketones (excluding diaryl/α,β-unsaturated/α-hetero) is 1. The molecule has 1 saturated heterocycles. The van der Waals surface area contributed by atoms with Crippen molar-refractivity contribution in [3.8, 4) is 0 Å². The Morgan fingerprint density at radius 2 is 1.69 bits per heavy atom. The molecule has 2 amide bonds. The number of halogens is 1. The highest BCUT2D eigenvalue weighted by molar-refractivity contribution is 6.02. The zero-order valence-electron chi connectivity index (χ0n) is 20.6. The summed E-state index contributed by atoms with van der Waals surface area (Å²) < 4.78 is 0. The van der Waals surface area contributed by atoms with E-state index in [2.05, 4.69) is 23.5 Å². The Balaban J connectivity index is 0.00000342. The van der Waals surface area contributed by atoms with Crippen molar-refractivity contribution in [2.45, 2.75) is 69.4 Å². The van der Waals surface area contributed by atoms with E-state index >= 15 is 0 Å². The van der Waals surface area contributed by atoms with Gasteiger partial charge in [-0.25, -0.2) is 0 Å². The van der Waals surface area contributed by atoms with E-state index in [1.165, 1.54) is 5.56 Å². The minimum absolute atomic E-state index is 0. The van der Waals surface area contributed by atoms with E-state index < -0.39 is 11.6 Å². The molecule has 1 atom stereocenters. The third kappa shape index (κ3) is 5.93. The van der Waals surface area contributed by atoms with Crippen LogP contribution < -0.4 is 11.1 Å². The molecule has 35 heavy (non-hydrogen) atoms. The number of nitrogens with zero attached hydrogens (tertiary/aromatic N) is 1. The molecule has 188 valence electrons. The molecule has 2 aromatic rings. The number of carbonyl (C=O) groups excluding carboxylic acids is 3. The van der Waals surface area contributed by atoms with Crippen molar-refractivity contribution in [1.29, 1.82) is 0 Å². The Hall–Kier alpha value is -2.70. The van der Waals surface area contributed by atoms with Crippen LogP contribution >= 0.6 is 12.4 Å². The summed E-state index contributed by atoms with van der Waals surface area (Å²) in [6.45, 7) is 4.45. The maximum atomic E-state index is 13.5. The van der Waals surface area contributed by atoms with E-state index in [1.807, 2.05) is 41.3 Å². The first kappa shape index (κ1) is 26.9. The van der Waals surface area contributed by atoms with Crippen LogP contribution in [0, 0.1) is 0 Å². The predicted molar refractivity (Wildman–Crippen MR) is 140 cm³/mol. The number of fused-ring (bicyclic) bond motifs is 2. The summed E-state index contributed by atoms with van der Waals surface area (Å²) in [5.74, 6) is -0.181. The lowest BCUT2D eigenvalue weighted by molar-refractivity contribution is -0.139. The lowest BCUT2D eigenvalue weighted by Gasteiger charge is -2.41. The molecular weight excluding hydrogens is 462 g/mol. The zero-order chi connectivity index (χ0) is 24.3. The average Bonchev–Trinajstić information content (AvgIpc) is 3.10. The van der Waals surface area contributed by atoms with Crippen molar-refractivity contribution in [2.75, 3.05) is 13.1 Å². The van der Waals surface area contributed by atoms with Gasteiger partial charge in [-0.1, -0.05) is 54.6 Å². The van der Waals surface area contributed by atoms with Crippen LogP contribution in [0.5, 0.6) is 0 Å². The molecule has 6 nitrogen and oxygen atoms in total. The monoisotopic (exact) mass is 497 g/mol. The number of ketones is 1. The molecular formula is C28H36ClN3O3. The van der Waals surface area contributed by atoms with Gasteiger partial charge in [-0.3, -0.25) is 14.4 Å². The Labute approximate surface area is 214 Å². The molecule has 7 heteroatoms. The molecule has 1 spiro atoms. The van der Waals surface area contributed by atoms with E-state index in [-0.39, 0.29) is 35.4 Å². The van der Waals surface area contributed by atoms with Crippen molar-refractivity contribution in [1.82, 2.24) is 10.2 Å². The molecule has 0 radical (unpaired) electrons. The van der Waals surface area contributed by atoms with Crippen molar-refractivity contribution < 1.29 is 14.4 Å². The summed E-state index contributed by atoms with van der Waals surface area (Å²) in [4.78, 5) is 40.6. The Bertz CT molecular complexity index is 1060. The minimum Gasteiger partial charge on any atom is -0.343 e. The lowest BCUT2D eigenvalue weighted by Crippen LogP contribution is -2.57. The number of carbonyl (C=O) groups is 3. The molecule has 1 unspecified atom stereocenters. The number of rotatable bonds is 7. The molecule has 0 saturated carbocycles. The van der Waals surface area contributed by atoms with E-state index in [0.717, 1.165) is 36.8 Å². The highest BCUT2D eigenvalue weighted by Gasteiger charge is 2.46. The first-order chi connectivity index (χ1) is 16.2. The van der Waals surface area contributed by atoms with Crippen LogP contribution in [-0.4, -0.2) is 47.2 Å². The minimum atomic E-state index is -1.06. The van der Waals surface area contributed by atoms with Crippen molar-refractivity contribution in [3.05, 3.63) is 71.3 Å². The second-order valence-electron chi connectivity index (χ2n) is 10.4. The molecule has 0 bridgehead atoms. The smallest absolute Gasteiger partial charge is 0.245 e. The van der Waals surface area contributed by atoms with Gasteiger partial charge in [0, 0.05) is 30.5 Å². The van der Waals surface area contributed by atoms with Gasteiger partial charge < -0.3 is 16.0 Å². The largest absolute Gasteiger partial charge is 0.343 e. The summed E-state index contributed by atoms with van der Waals surface area (Å²) in [5, 5.41) is 2.91. The fourth-order valence-corrected chi connectivity index (χ4v) is 5.26. The van der Waals surface area contributed by atoms with Gasteiger partial charge in [0.1, 0.15) is 6.04 Å². The van der Waals surface area contributed by atoms with E-state index in [4.69, 9.17) is 5.73 Å². The number of aryl methyl sites for hydroxylation is 1. The average molecular weight is 498 g/mol. The molecule has 1 aliphatic heterocycles. The third-order valence-corrected chi connectivity index (χ3v) is 7.32. The highest BCUT2D eigenvalue weighted by Crippen LogP contribution is 2.46. The van der Waals surface area contributed by atoms with E-state index in [0.29, 0.717) is 25.9 Å². The Kier molecular flexibility index (Phi) is 8.39. The topological polar surface area (TPSA) is 92.5 Å². The fraction of sp³-hybridized carbons (Fsp3) is 0.464. The van der Waals surface area contributed by atoms with Crippen LogP contribution in [0.3, 0.4) is 0 Å². The Morgan fingerprint density at radius 3 is 2.34 bits per heavy atom. The number of amides is 2. The summed E-state index contributed by atoms with van der Waals surface area (Å²) in [7, 11) is 0. The van der Waals surface area contributed by atoms with Gasteiger partial charge in [-0.2, -0.15) is 0 Å². The van der Waals surface area contributed by atoms with Gasteiger partial charge in [0.2, 0.25) is 11.8 Å². The number of hydrogen-bond donors (Lipinski definition) is 2. The number of benzene rings is 2. The summed E-state index contributed by atoms with van der Waals surface area (Å²) in [5.41, 5.74) is 7.94. The molecule has 2 aromatic carbocycles. The van der Waals surface area contributed by atoms with Gasteiger partial charge in [0.25, 0.3) is 0 Å². The molecule has 2 aliphatic rings. The molecule has 1 aliphatic carbocycles. The quantitative estimate of drug-likeness (QED) is 0.608. The van der Waals surface area contributed by atoms with E-state index in [9.17, 15) is 14.4 Å². The van der Waals surface area contributed by atoms with E-state index in [1.54, 1.807) is 13.8 Å². The second kappa shape index (κ2) is 10.9. The van der Waals surface area contributed by atoms with Crippen LogP contribution in [0.2, 0.25) is 0 Å². The first-order valence-corrected chi connectivity index (χ1v) is 12.2. The number of likely N-dealkylation sites (tertiary alicyclic amines) is 1. The van der Waals surface area contributed by atoms with Crippen molar-refractivity contribution >= 4 is 30.0 Å². The lowest BCUT2D eigenvalue weighted by atomic mass is 9.73. The zero-order valence-corrected chi connectivity index (χ0v) is 21.4. The van der Waals surface area contributed by atoms with Crippen LogP contribution in [0.15, 0.2) is 54.6 Å². The van der Waals surface area contributed by atoms with Gasteiger partial charge >= 0.3 is 0 Å². The molecule has 0 aromatic heterocycles. The third-order valence-electron chi connectivity index (χ3n) is 7.32. The predicted octanol–water partition coefficient (Wildman–Crippen LogP) is 3.80. The second-order valence-corrected chi connectivity index (χ2v) is 10.4. The standard InChI is InChI=1S/C28H35N3O3.ClH/c1-27(2,29)26(34)30-23(14-8-11-20-9-4-3-5-10-20)25(33)31-17-15-28(16-18-31)19-24(32)21-12-6-7-13-22(21)28;/h3-7,9-10,12-13,23H,8,11,14-19,29H2,1-2H3,(H,30,34);1H. The summed E-state index contributed by atoms with van der Waals surface area (Å²) in [6.07, 6.45) is 4.22. The van der Waals surface area contributed by atoms with Crippen LogP contribution in [0.4, 0.5) is 0 Å². The number of nitrogens with two attached hydrogens (primary N) is 1. The molecule has 4 rings (SSSR count). The van der Waals surface area contributed by atoms with Gasteiger partial charge in [-0.05, 0) is 57.1 Å². The molecule has 1 heterocycles. The normalized spacial score (nSPS) is 17.5. The maximum absolute atomic E-state index is 13.5. The first-order valence-electron chi connectivity index (χ1n) is 12.2. The number of hydrogen-bond acceptors (Lipinski definition) is 4. The number of nitrogens with one attached hydrogen (secondary N) is 1. The Morgan fingerprint density at radius 1 is 1.06 bits per heavy atom. The number of piperidine rings is 1. The van der Waals surface area contributed by atoms with Gasteiger partial charge in [0.05, 0.1) is 5.54 Å². The van der Waals surface area contributed by atoms with Crippen LogP contribution in [-0.2, 0) is 21.4 Å². The molecule has 1 fully saturated rings. The van der Waals surface area contributed by atoms with Gasteiger partial charge in [0.15, 0.2) is 5.78 Å². The van der Waals surface area contributed by atoms with Gasteiger partial charge in [-0.15, -0.1) is 12.4 Å². The summed E-state index contributed by atoms with van der Waals surface area (Å²) in [6, 6.07) is 17.4. The maximum Gasteiger partial charge on any atom is 0.245 e. The highest BCUT2D eigenvalue weighted by atomic mass is 35.5. The molecule has 3 N–H and O–H groups in total. The van der Waals surface area contributed by atoms with Crippen molar-refractivity contribution in [2.24, 2.45) is 5.73 Å². The van der Waals surface area contributed by atoms with Crippen molar-refractivity contribution in [3.63, 3.8) is 0 Å². The van der Waals surface area contributed by atoms with Crippen LogP contribution in [0.25, 0.3) is 0 Å².